The molecule has 2 aliphatic carbocycles. The molecule has 0 heterocycles. The van der Waals surface area contributed by atoms with E-state index in [2.05, 4.69) is 26.1 Å². The van der Waals surface area contributed by atoms with Crippen LogP contribution in [0.4, 0.5) is 0 Å². The van der Waals surface area contributed by atoms with Gasteiger partial charge in [-0.05, 0) is 43.4 Å². The molecule has 2 aliphatic rings. The predicted molar refractivity (Wildman–Crippen MR) is 77.2 cm³/mol. The highest BCUT2D eigenvalue weighted by molar-refractivity contribution is 5.80. The Bertz CT molecular complexity index is 391. The number of carbonyl (C=O) groups excluding carboxylic acids is 1. The third kappa shape index (κ3) is 3.53. The van der Waals surface area contributed by atoms with Gasteiger partial charge in [-0.15, -0.1) is 0 Å². The average Bonchev–Trinajstić information content (AvgIpc) is 2.74. The Kier molecular flexibility index (Phi) is 4.40. The zero-order valence-electron chi connectivity index (χ0n) is 12.8. The number of carboxylic acid groups (broad SMARTS) is 1. The lowest BCUT2D eigenvalue weighted by atomic mass is 9.68. The van der Waals surface area contributed by atoms with Gasteiger partial charge in [-0.25, -0.2) is 0 Å². The lowest BCUT2D eigenvalue weighted by Gasteiger charge is -2.38. The van der Waals surface area contributed by atoms with Crippen LogP contribution in [0.3, 0.4) is 0 Å². The summed E-state index contributed by atoms with van der Waals surface area (Å²) in [6.07, 6.45) is 5.39. The molecule has 0 aromatic rings. The van der Waals surface area contributed by atoms with Crippen molar-refractivity contribution in [2.24, 2.45) is 23.2 Å². The topological polar surface area (TPSA) is 66.4 Å². The first-order valence-corrected chi connectivity index (χ1v) is 7.82. The third-order valence-corrected chi connectivity index (χ3v) is 4.92. The van der Waals surface area contributed by atoms with Gasteiger partial charge >= 0.3 is 5.97 Å². The van der Waals surface area contributed by atoms with E-state index < -0.39 is 11.9 Å². The van der Waals surface area contributed by atoms with Gasteiger partial charge in [0.05, 0.1) is 5.92 Å². The van der Waals surface area contributed by atoms with Gasteiger partial charge in [0.25, 0.3) is 0 Å². The van der Waals surface area contributed by atoms with Gasteiger partial charge in [0.1, 0.15) is 0 Å². The highest BCUT2D eigenvalue weighted by Gasteiger charge is 2.39. The maximum Gasteiger partial charge on any atom is 0.308 e. The maximum absolute atomic E-state index is 12.5. The van der Waals surface area contributed by atoms with Crippen LogP contribution in [0, 0.1) is 23.2 Å². The highest BCUT2D eigenvalue weighted by atomic mass is 16.4. The van der Waals surface area contributed by atoms with Crippen molar-refractivity contribution in [1.82, 2.24) is 5.32 Å². The molecule has 0 aromatic carbocycles. The summed E-state index contributed by atoms with van der Waals surface area (Å²) in [7, 11) is 0. The summed E-state index contributed by atoms with van der Waals surface area (Å²) < 4.78 is 0. The fourth-order valence-corrected chi connectivity index (χ4v) is 4.27. The number of nitrogens with one attached hydrogen (secondary N) is 1. The monoisotopic (exact) mass is 281 g/mol. The van der Waals surface area contributed by atoms with Crippen LogP contribution in [0.25, 0.3) is 0 Å². The van der Waals surface area contributed by atoms with E-state index in [0.717, 1.165) is 32.1 Å². The average molecular weight is 281 g/mol. The van der Waals surface area contributed by atoms with E-state index in [9.17, 15) is 14.7 Å². The van der Waals surface area contributed by atoms with Crippen molar-refractivity contribution in [3.63, 3.8) is 0 Å². The molecule has 0 bridgehead atoms. The minimum absolute atomic E-state index is 0.0452. The Balaban J connectivity index is 1.96. The Morgan fingerprint density at radius 1 is 1.20 bits per heavy atom. The molecule has 2 N–H and O–H groups in total. The van der Waals surface area contributed by atoms with Crippen LogP contribution in [0.5, 0.6) is 0 Å². The maximum atomic E-state index is 12.5. The number of aliphatic carboxylic acids is 1. The molecule has 114 valence electrons. The first-order valence-electron chi connectivity index (χ1n) is 7.82. The fraction of sp³-hybridized carbons (Fsp3) is 0.875. The van der Waals surface area contributed by atoms with E-state index in [0.29, 0.717) is 12.3 Å². The van der Waals surface area contributed by atoms with E-state index in [1.807, 2.05) is 0 Å². The second kappa shape index (κ2) is 5.74. The number of amides is 1. The highest BCUT2D eigenvalue weighted by Crippen LogP contribution is 2.42. The molecule has 4 heteroatoms. The minimum Gasteiger partial charge on any atom is -0.481 e. The Hall–Kier alpha value is -1.06. The van der Waals surface area contributed by atoms with Gasteiger partial charge in [0.15, 0.2) is 0 Å². The van der Waals surface area contributed by atoms with Crippen LogP contribution in [-0.2, 0) is 9.59 Å². The first-order chi connectivity index (χ1) is 9.28. The van der Waals surface area contributed by atoms with Crippen LogP contribution in [0.2, 0.25) is 0 Å². The van der Waals surface area contributed by atoms with E-state index in [1.165, 1.54) is 0 Å². The quantitative estimate of drug-likeness (QED) is 0.836. The van der Waals surface area contributed by atoms with Crippen molar-refractivity contribution >= 4 is 11.9 Å². The molecule has 0 saturated heterocycles. The summed E-state index contributed by atoms with van der Waals surface area (Å²) in [5, 5.41) is 12.2. The van der Waals surface area contributed by atoms with Crippen LogP contribution in [0.1, 0.15) is 59.3 Å². The largest absolute Gasteiger partial charge is 0.481 e. The molecule has 2 fully saturated rings. The Labute approximate surface area is 121 Å². The van der Waals surface area contributed by atoms with Gasteiger partial charge in [-0.2, -0.15) is 0 Å². The third-order valence-electron chi connectivity index (χ3n) is 4.92. The summed E-state index contributed by atoms with van der Waals surface area (Å²) in [5.41, 5.74) is 0.210. The van der Waals surface area contributed by atoms with Crippen LogP contribution in [-0.4, -0.2) is 23.0 Å². The molecule has 0 spiro atoms. The van der Waals surface area contributed by atoms with Gasteiger partial charge < -0.3 is 10.4 Å². The standard InChI is InChI=1S/C16H27NO3/c1-10-7-11(9-16(2,3)8-10)14(18)17-13-6-4-5-12(13)15(19)20/h10-13H,4-9H2,1-3H3,(H,17,18)(H,19,20)/t10?,11?,12-,13+/m0/s1. The van der Waals surface area contributed by atoms with Crippen molar-refractivity contribution in [3.8, 4) is 0 Å². The Morgan fingerprint density at radius 2 is 1.90 bits per heavy atom. The number of hydrogen-bond donors (Lipinski definition) is 2. The zero-order chi connectivity index (χ0) is 14.9. The normalized spacial score (nSPS) is 36.5. The number of carboxylic acids is 1. The molecule has 0 aromatic heterocycles. The Morgan fingerprint density at radius 3 is 2.50 bits per heavy atom. The van der Waals surface area contributed by atoms with Gasteiger partial charge in [-0.3, -0.25) is 9.59 Å². The number of rotatable bonds is 3. The molecular formula is C16H27NO3. The van der Waals surface area contributed by atoms with Crippen molar-refractivity contribution in [3.05, 3.63) is 0 Å². The number of hydrogen-bond acceptors (Lipinski definition) is 2. The summed E-state index contributed by atoms with van der Waals surface area (Å²) in [6.45, 7) is 6.65. The second-order valence-corrected chi connectivity index (χ2v) is 7.60. The van der Waals surface area contributed by atoms with Crippen LogP contribution in [0.15, 0.2) is 0 Å². The first kappa shape index (κ1) is 15.3. The molecule has 2 rings (SSSR count). The van der Waals surface area contributed by atoms with Crippen molar-refractivity contribution in [2.75, 3.05) is 0 Å². The van der Waals surface area contributed by atoms with Gasteiger partial charge in [-0.1, -0.05) is 27.2 Å². The molecule has 0 radical (unpaired) electrons. The molecular weight excluding hydrogens is 254 g/mol. The zero-order valence-corrected chi connectivity index (χ0v) is 12.8. The van der Waals surface area contributed by atoms with Crippen LogP contribution >= 0.6 is 0 Å². The van der Waals surface area contributed by atoms with Crippen LogP contribution < -0.4 is 5.32 Å². The van der Waals surface area contributed by atoms with Crippen molar-refractivity contribution in [2.45, 2.75) is 65.3 Å². The molecule has 2 unspecified atom stereocenters. The van der Waals surface area contributed by atoms with E-state index >= 15 is 0 Å². The predicted octanol–water partition coefficient (Wildman–Crippen LogP) is 2.82. The van der Waals surface area contributed by atoms with E-state index in [4.69, 9.17) is 0 Å². The summed E-state index contributed by atoms with van der Waals surface area (Å²) >= 11 is 0. The molecule has 4 atom stereocenters. The van der Waals surface area contributed by atoms with Crippen molar-refractivity contribution in [1.29, 1.82) is 0 Å². The van der Waals surface area contributed by atoms with Crippen molar-refractivity contribution < 1.29 is 14.7 Å². The van der Waals surface area contributed by atoms with Gasteiger partial charge in [0, 0.05) is 12.0 Å². The molecule has 1 amide bonds. The summed E-state index contributed by atoms with van der Waals surface area (Å²) in [6, 6.07) is -0.166. The summed E-state index contributed by atoms with van der Waals surface area (Å²) in [4.78, 5) is 23.6. The molecule has 4 nitrogen and oxygen atoms in total. The summed E-state index contributed by atoms with van der Waals surface area (Å²) in [5.74, 6) is -0.488. The lowest BCUT2D eigenvalue weighted by molar-refractivity contribution is -0.142. The SMILES string of the molecule is CC1CC(C(=O)N[C@@H]2CCC[C@@H]2C(=O)O)CC(C)(C)C1. The van der Waals surface area contributed by atoms with E-state index in [-0.39, 0.29) is 23.3 Å². The smallest absolute Gasteiger partial charge is 0.308 e. The fourth-order valence-electron chi connectivity index (χ4n) is 4.27. The minimum atomic E-state index is -0.773. The molecule has 0 aliphatic heterocycles. The number of carbonyl (C=O) groups is 2. The van der Waals surface area contributed by atoms with Gasteiger partial charge in [0.2, 0.25) is 5.91 Å². The molecule has 20 heavy (non-hydrogen) atoms. The molecule has 2 saturated carbocycles. The van der Waals surface area contributed by atoms with E-state index in [1.54, 1.807) is 0 Å². The second-order valence-electron chi connectivity index (χ2n) is 7.60. The lowest BCUT2D eigenvalue weighted by Crippen LogP contribution is -2.45.